The molecule has 0 aromatic rings. The molecule has 0 spiro atoms. The summed E-state index contributed by atoms with van der Waals surface area (Å²) in [6.45, 7) is 3.81. The van der Waals surface area contributed by atoms with Gasteiger partial charge in [-0.15, -0.1) is 0 Å². The van der Waals surface area contributed by atoms with Crippen molar-refractivity contribution in [2.24, 2.45) is 5.73 Å². The van der Waals surface area contributed by atoms with E-state index in [1.54, 1.807) is 0 Å². The molecule has 0 heterocycles. The van der Waals surface area contributed by atoms with Gasteiger partial charge in [-0.05, 0) is 12.8 Å². The third-order valence-corrected chi connectivity index (χ3v) is 13.2. The lowest BCUT2D eigenvalue weighted by molar-refractivity contribution is -0.161. The van der Waals surface area contributed by atoms with E-state index >= 15 is 0 Å². The molecule has 0 fully saturated rings. The SMILES string of the molecule is CCCCCCCCCCCCCCCCCCCCCCCCC(=O)OCC(COP(=O)(O)OCCN)OC(=O)CCCCCCCCCCCCCCCCCCCCC. The van der Waals surface area contributed by atoms with E-state index in [4.69, 9.17) is 24.3 Å². The van der Waals surface area contributed by atoms with Crippen LogP contribution in [0.1, 0.15) is 290 Å². The molecule has 0 aromatic heterocycles. The quantitative estimate of drug-likeness (QED) is 0.0347. The Balaban J connectivity index is 3.95. The third-order valence-electron chi connectivity index (χ3n) is 12.2. The van der Waals surface area contributed by atoms with Gasteiger partial charge in [0.05, 0.1) is 13.2 Å². The number of rotatable bonds is 52. The van der Waals surface area contributed by atoms with Gasteiger partial charge in [-0.3, -0.25) is 18.6 Å². The average molecular weight is 902 g/mol. The Kier molecular flexibility index (Phi) is 48.7. The fraction of sp³-hybridized carbons (Fsp3) is 0.962. The molecule has 3 N–H and O–H groups in total. The molecule has 2 unspecified atom stereocenters. The lowest BCUT2D eigenvalue weighted by atomic mass is 10.0. The van der Waals surface area contributed by atoms with Crippen LogP contribution in [0.15, 0.2) is 0 Å². The molecule has 0 aromatic carbocycles. The monoisotopic (exact) mass is 902 g/mol. The summed E-state index contributed by atoms with van der Waals surface area (Å²) in [6, 6.07) is 0. The molecule has 10 heteroatoms. The second-order valence-electron chi connectivity index (χ2n) is 18.5. The number of carbonyl (C=O) groups is 2. The van der Waals surface area contributed by atoms with Crippen LogP contribution >= 0.6 is 7.82 Å². The molecule has 2 atom stereocenters. The van der Waals surface area contributed by atoms with Crippen molar-refractivity contribution in [1.29, 1.82) is 0 Å². The summed E-state index contributed by atoms with van der Waals surface area (Å²) in [4.78, 5) is 35.1. The number of nitrogens with two attached hydrogens (primary N) is 1. The Bertz CT molecular complexity index is 984. The minimum Gasteiger partial charge on any atom is -0.462 e. The fourth-order valence-electron chi connectivity index (χ4n) is 8.23. The highest BCUT2D eigenvalue weighted by Crippen LogP contribution is 2.43. The minimum atomic E-state index is -4.38. The summed E-state index contributed by atoms with van der Waals surface area (Å²) < 4.78 is 33.0. The molecule has 0 saturated carbocycles. The van der Waals surface area contributed by atoms with Gasteiger partial charge in [0.2, 0.25) is 0 Å². The van der Waals surface area contributed by atoms with Crippen LogP contribution < -0.4 is 5.73 Å². The van der Waals surface area contributed by atoms with Crippen LogP contribution in [0.3, 0.4) is 0 Å². The summed E-state index contributed by atoms with van der Waals surface area (Å²) in [5.41, 5.74) is 5.37. The number of esters is 2. The highest BCUT2D eigenvalue weighted by atomic mass is 31.2. The van der Waals surface area contributed by atoms with Crippen molar-refractivity contribution in [3.63, 3.8) is 0 Å². The number of phosphoric ester groups is 1. The second kappa shape index (κ2) is 49.4. The molecule has 0 aliphatic rings. The number of hydrogen-bond donors (Lipinski definition) is 2. The first-order chi connectivity index (χ1) is 30.3. The zero-order valence-corrected chi connectivity index (χ0v) is 42.0. The first-order valence-electron chi connectivity index (χ1n) is 27.0. The van der Waals surface area contributed by atoms with Crippen LogP contribution in [-0.2, 0) is 32.7 Å². The van der Waals surface area contributed by atoms with Gasteiger partial charge >= 0.3 is 19.8 Å². The number of unbranched alkanes of at least 4 members (excludes halogenated alkanes) is 39. The summed E-state index contributed by atoms with van der Waals surface area (Å²) in [6.07, 6.45) is 52.9. The van der Waals surface area contributed by atoms with Crippen molar-refractivity contribution in [1.82, 2.24) is 0 Å². The van der Waals surface area contributed by atoms with Gasteiger partial charge in [0.25, 0.3) is 0 Å². The van der Waals surface area contributed by atoms with Crippen molar-refractivity contribution in [2.45, 2.75) is 296 Å². The maximum atomic E-state index is 12.7. The Morgan fingerprint density at radius 1 is 0.419 bits per heavy atom. The third kappa shape index (κ3) is 48.5. The Morgan fingerprint density at radius 2 is 0.694 bits per heavy atom. The van der Waals surface area contributed by atoms with Crippen molar-refractivity contribution in [3.05, 3.63) is 0 Å². The number of phosphoric acid groups is 1. The van der Waals surface area contributed by atoms with Gasteiger partial charge in [0, 0.05) is 19.4 Å². The maximum Gasteiger partial charge on any atom is 0.472 e. The molecule has 0 saturated heterocycles. The van der Waals surface area contributed by atoms with Gasteiger partial charge < -0.3 is 20.1 Å². The van der Waals surface area contributed by atoms with Crippen molar-refractivity contribution in [3.8, 4) is 0 Å². The molecule has 0 rings (SSSR count). The van der Waals surface area contributed by atoms with Crippen LogP contribution in [0.2, 0.25) is 0 Å². The van der Waals surface area contributed by atoms with Crippen molar-refractivity contribution in [2.75, 3.05) is 26.4 Å². The van der Waals surface area contributed by atoms with E-state index in [1.165, 1.54) is 225 Å². The summed E-state index contributed by atoms with van der Waals surface area (Å²) in [5.74, 6) is -0.804. The summed E-state index contributed by atoms with van der Waals surface area (Å²) >= 11 is 0. The minimum absolute atomic E-state index is 0.0585. The van der Waals surface area contributed by atoms with Crippen LogP contribution in [-0.4, -0.2) is 49.3 Å². The smallest absolute Gasteiger partial charge is 0.462 e. The van der Waals surface area contributed by atoms with Crippen molar-refractivity contribution < 1.29 is 37.6 Å². The Labute approximate surface area is 384 Å². The van der Waals surface area contributed by atoms with Gasteiger partial charge in [0.1, 0.15) is 6.61 Å². The second-order valence-corrected chi connectivity index (χ2v) is 19.9. The van der Waals surface area contributed by atoms with Gasteiger partial charge in [0.15, 0.2) is 6.10 Å². The van der Waals surface area contributed by atoms with Crippen LogP contribution in [0.5, 0.6) is 0 Å². The van der Waals surface area contributed by atoms with E-state index in [1.807, 2.05) is 0 Å². The Morgan fingerprint density at radius 3 is 0.984 bits per heavy atom. The summed E-state index contributed by atoms with van der Waals surface area (Å²) in [5, 5.41) is 0. The predicted molar refractivity (Wildman–Crippen MR) is 262 cm³/mol. The van der Waals surface area contributed by atoms with E-state index in [0.29, 0.717) is 6.42 Å². The largest absolute Gasteiger partial charge is 0.472 e. The van der Waals surface area contributed by atoms with E-state index < -0.39 is 26.5 Å². The molecule has 0 bridgehead atoms. The number of carbonyl (C=O) groups excluding carboxylic acids is 2. The van der Waals surface area contributed by atoms with Crippen LogP contribution in [0.4, 0.5) is 0 Å². The van der Waals surface area contributed by atoms with Gasteiger partial charge in [-0.2, -0.15) is 0 Å². The highest BCUT2D eigenvalue weighted by molar-refractivity contribution is 7.47. The maximum absolute atomic E-state index is 12.7. The van der Waals surface area contributed by atoms with Crippen LogP contribution in [0.25, 0.3) is 0 Å². The van der Waals surface area contributed by atoms with E-state index in [9.17, 15) is 19.0 Å². The highest BCUT2D eigenvalue weighted by Gasteiger charge is 2.26. The van der Waals surface area contributed by atoms with E-state index in [-0.39, 0.29) is 38.6 Å². The number of hydrogen-bond acceptors (Lipinski definition) is 8. The summed E-state index contributed by atoms with van der Waals surface area (Å²) in [7, 11) is -4.38. The van der Waals surface area contributed by atoms with Gasteiger partial charge in [-0.25, -0.2) is 4.57 Å². The van der Waals surface area contributed by atoms with Crippen LogP contribution in [0, 0.1) is 0 Å². The lowest BCUT2D eigenvalue weighted by Crippen LogP contribution is -2.29. The molecule has 0 aliphatic carbocycles. The van der Waals surface area contributed by atoms with Gasteiger partial charge in [-0.1, -0.05) is 264 Å². The standard InChI is InChI=1S/C52H104NO8P/c1-3-5-7-9-11-13-15-17-19-21-23-24-25-27-28-30-32-34-36-38-40-42-44-51(54)58-48-50(49-60-62(56,57)59-47-46-53)61-52(55)45-43-41-39-37-35-33-31-29-26-22-20-18-16-14-12-10-8-6-4-2/h50H,3-49,53H2,1-2H3,(H,56,57). The normalized spacial score (nSPS) is 13.0. The zero-order chi connectivity index (χ0) is 45.3. The van der Waals surface area contributed by atoms with E-state index in [0.717, 1.165) is 32.1 Å². The van der Waals surface area contributed by atoms with E-state index in [2.05, 4.69) is 13.8 Å². The van der Waals surface area contributed by atoms with Crippen molar-refractivity contribution >= 4 is 19.8 Å². The molecular formula is C52H104NO8P. The molecule has 9 nitrogen and oxygen atoms in total. The molecular weight excluding hydrogens is 798 g/mol. The lowest BCUT2D eigenvalue weighted by Gasteiger charge is -2.19. The topological polar surface area (TPSA) is 134 Å². The first kappa shape index (κ1) is 61.0. The number of ether oxygens (including phenoxy) is 2. The predicted octanol–water partition coefficient (Wildman–Crippen LogP) is 16.3. The average Bonchev–Trinajstić information content (AvgIpc) is 3.26. The zero-order valence-electron chi connectivity index (χ0n) is 41.1. The fourth-order valence-corrected chi connectivity index (χ4v) is 8.99. The molecule has 0 amide bonds. The Hall–Kier alpha value is -0.990. The first-order valence-corrected chi connectivity index (χ1v) is 28.5. The molecule has 0 radical (unpaired) electrons. The molecule has 62 heavy (non-hydrogen) atoms. The molecule has 370 valence electrons. The molecule has 0 aliphatic heterocycles.